The molecule has 0 saturated heterocycles. The first-order chi connectivity index (χ1) is 17.9. The Morgan fingerprint density at radius 2 is 1.76 bits per heavy atom. The van der Waals surface area contributed by atoms with Gasteiger partial charge in [0, 0.05) is 12.5 Å². The van der Waals surface area contributed by atoms with Gasteiger partial charge in [-0.15, -0.1) is 0 Å². The number of benzene rings is 3. The Balaban J connectivity index is 1.39. The summed E-state index contributed by atoms with van der Waals surface area (Å²) in [5, 5.41) is 11.9. The molecule has 1 aliphatic rings. The van der Waals surface area contributed by atoms with E-state index in [-0.39, 0.29) is 18.0 Å². The van der Waals surface area contributed by atoms with Crippen LogP contribution in [0.1, 0.15) is 21.5 Å². The first-order valence-electron chi connectivity index (χ1n) is 11.4. The lowest BCUT2D eigenvalue weighted by Crippen LogP contribution is -2.44. The highest BCUT2D eigenvalue weighted by atomic mass is 16.5. The molecule has 2 N–H and O–H groups in total. The normalized spacial score (nSPS) is 13.9. The number of carboxylic acid groups (broad SMARTS) is 1. The highest BCUT2D eigenvalue weighted by molar-refractivity contribution is 6.14. The topological polar surface area (TPSA) is 120 Å². The molecule has 0 fully saturated rings. The summed E-state index contributed by atoms with van der Waals surface area (Å²) in [6.07, 6.45) is 1.74. The van der Waals surface area contributed by atoms with Crippen LogP contribution in [-0.4, -0.2) is 49.6 Å². The molecule has 0 aromatic heterocycles. The fourth-order valence-electron chi connectivity index (χ4n) is 3.79. The van der Waals surface area contributed by atoms with Crippen molar-refractivity contribution in [3.63, 3.8) is 0 Å². The number of Topliss-reactive ketones (excluding diaryl/α,β-unsaturated/α-hetero) is 1. The Bertz CT molecular complexity index is 1350. The van der Waals surface area contributed by atoms with E-state index in [1.807, 2.05) is 6.07 Å². The van der Waals surface area contributed by atoms with Crippen molar-refractivity contribution >= 4 is 23.7 Å². The first-order valence-corrected chi connectivity index (χ1v) is 11.4. The van der Waals surface area contributed by atoms with Crippen molar-refractivity contribution in [2.45, 2.75) is 12.5 Å². The van der Waals surface area contributed by atoms with Crippen LogP contribution in [0.3, 0.4) is 0 Å². The average Bonchev–Trinajstić information content (AvgIpc) is 3.21. The molecule has 0 aliphatic carbocycles. The standard InChI is InChI=1S/C28H25NO8/c1-34-22-11-8-18(13-24(22)35-2)14-25-27(31)20-10-9-19(15-23(20)37-25)36-16-26(30)29-21(28(32)33)12-17-6-4-3-5-7-17/h3-11,13-15,21H,12,16H2,1-2H3,(H,29,30)(H,32,33)/t21-/m1/s1. The minimum atomic E-state index is -1.14. The number of ketones is 1. The van der Waals surface area contributed by atoms with Crippen LogP contribution in [0, 0.1) is 0 Å². The lowest BCUT2D eigenvalue weighted by Gasteiger charge is -2.15. The van der Waals surface area contributed by atoms with Crippen molar-refractivity contribution in [2.75, 3.05) is 20.8 Å². The van der Waals surface area contributed by atoms with E-state index in [1.54, 1.807) is 60.7 Å². The van der Waals surface area contributed by atoms with Crippen LogP contribution in [0.25, 0.3) is 6.08 Å². The summed E-state index contributed by atoms with van der Waals surface area (Å²) in [5.74, 6) is -0.229. The van der Waals surface area contributed by atoms with Crippen LogP contribution in [-0.2, 0) is 16.0 Å². The maximum absolute atomic E-state index is 12.8. The number of carbonyl (C=O) groups excluding carboxylic acids is 2. The van der Waals surface area contributed by atoms with Crippen molar-refractivity contribution < 1.29 is 38.4 Å². The van der Waals surface area contributed by atoms with Gasteiger partial charge in [0.05, 0.1) is 19.8 Å². The third kappa shape index (κ3) is 6.07. The van der Waals surface area contributed by atoms with Gasteiger partial charge in [-0.1, -0.05) is 36.4 Å². The summed E-state index contributed by atoms with van der Waals surface area (Å²) in [4.78, 5) is 36.7. The van der Waals surface area contributed by atoms with Crippen molar-refractivity contribution in [3.05, 3.63) is 89.2 Å². The molecule has 3 aromatic carbocycles. The number of ether oxygens (including phenoxy) is 4. The largest absolute Gasteiger partial charge is 0.493 e. The monoisotopic (exact) mass is 503 g/mol. The SMILES string of the molecule is COc1ccc(C=C2Oc3cc(OCC(=O)N[C@H](Cc4ccccc4)C(=O)O)ccc3C2=O)cc1OC. The molecule has 1 atom stereocenters. The summed E-state index contributed by atoms with van der Waals surface area (Å²) in [7, 11) is 3.06. The summed E-state index contributed by atoms with van der Waals surface area (Å²) in [6, 6.07) is 17.7. The zero-order valence-corrected chi connectivity index (χ0v) is 20.2. The van der Waals surface area contributed by atoms with Crippen LogP contribution < -0.4 is 24.3 Å². The molecule has 9 heteroatoms. The van der Waals surface area contributed by atoms with Crippen molar-refractivity contribution in [3.8, 4) is 23.0 Å². The molecule has 190 valence electrons. The summed E-state index contributed by atoms with van der Waals surface area (Å²) >= 11 is 0. The molecule has 9 nitrogen and oxygen atoms in total. The highest BCUT2D eigenvalue weighted by Gasteiger charge is 2.28. The van der Waals surface area contributed by atoms with Gasteiger partial charge in [-0.3, -0.25) is 9.59 Å². The number of carboxylic acids is 1. The van der Waals surface area contributed by atoms with Crippen LogP contribution in [0.5, 0.6) is 23.0 Å². The summed E-state index contributed by atoms with van der Waals surface area (Å²) in [6.45, 7) is -0.403. The van der Waals surface area contributed by atoms with E-state index in [2.05, 4.69) is 5.32 Å². The number of nitrogens with one attached hydrogen (secondary N) is 1. The van der Waals surface area contributed by atoms with Crippen LogP contribution >= 0.6 is 0 Å². The Hall–Kier alpha value is -4.79. The number of hydrogen-bond acceptors (Lipinski definition) is 7. The number of methoxy groups -OCH3 is 2. The predicted octanol–water partition coefficient (Wildman–Crippen LogP) is 3.51. The molecule has 1 amide bonds. The van der Waals surface area contributed by atoms with Crippen molar-refractivity contribution in [1.82, 2.24) is 5.32 Å². The van der Waals surface area contributed by atoms with Gasteiger partial charge in [-0.2, -0.15) is 0 Å². The van der Waals surface area contributed by atoms with Gasteiger partial charge >= 0.3 is 5.97 Å². The maximum atomic E-state index is 12.8. The number of fused-ring (bicyclic) bond motifs is 1. The fourth-order valence-corrected chi connectivity index (χ4v) is 3.79. The predicted molar refractivity (Wildman–Crippen MR) is 134 cm³/mol. The van der Waals surface area contributed by atoms with Gasteiger partial charge in [0.2, 0.25) is 5.78 Å². The molecule has 0 unspecified atom stereocenters. The number of aliphatic carboxylic acids is 1. The number of amides is 1. The number of hydrogen-bond donors (Lipinski definition) is 2. The molecular formula is C28H25NO8. The molecule has 1 aliphatic heterocycles. The number of rotatable bonds is 10. The molecular weight excluding hydrogens is 478 g/mol. The van der Waals surface area contributed by atoms with E-state index in [0.717, 1.165) is 5.56 Å². The molecule has 0 spiro atoms. The number of carbonyl (C=O) groups is 3. The second-order valence-electron chi connectivity index (χ2n) is 8.15. The summed E-state index contributed by atoms with van der Waals surface area (Å²) in [5.41, 5.74) is 1.83. The van der Waals surface area contributed by atoms with E-state index in [1.165, 1.54) is 20.3 Å². The third-order valence-corrected chi connectivity index (χ3v) is 5.63. The van der Waals surface area contributed by atoms with Crippen molar-refractivity contribution in [2.24, 2.45) is 0 Å². The smallest absolute Gasteiger partial charge is 0.326 e. The minimum Gasteiger partial charge on any atom is -0.493 e. The zero-order valence-electron chi connectivity index (χ0n) is 20.2. The van der Waals surface area contributed by atoms with Crippen LogP contribution in [0.15, 0.2) is 72.5 Å². The van der Waals surface area contributed by atoms with E-state index in [9.17, 15) is 19.5 Å². The zero-order chi connectivity index (χ0) is 26.4. The van der Waals surface area contributed by atoms with Crippen LogP contribution in [0.2, 0.25) is 0 Å². The maximum Gasteiger partial charge on any atom is 0.326 e. The molecule has 3 aromatic rings. The van der Waals surface area contributed by atoms with E-state index < -0.39 is 24.5 Å². The average molecular weight is 504 g/mol. The molecule has 37 heavy (non-hydrogen) atoms. The first kappa shape index (κ1) is 25.3. The van der Waals surface area contributed by atoms with Gasteiger partial charge < -0.3 is 29.4 Å². The van der Waals surface area contributed by atoms with Gasteiger partial charge in [0.1, 0.15) is 17.5 Å². The highest BCUT2D eigenvalue weighted by Crippen LogP contribution is 2.36. The van der Waals surface area contributed by atoms with Gasteiger partial charge in [0.15, 0.2) is 23.9 Å². The third-order valence-electron chi connectivity index (χ3n) is 5.63. The second-order valence-corrected chi connectivity index (χ2v) is 8.15. The molecule has 4 rings (SSSR count). The molecule has 1 heterocycles. The lowest BCUT2D eigenvalue weighted by molar-refractivity contribution is -0.142. The Kier molecular flexibility index (Phi) is 7.73. The quantitative estimate of drug-likeness (QED) is 0.404. The molecule has 0 radical (unpaired) electrons. The van der Waals surface area contributed by atoms with Gasteiger partial charge in [-0.05, 0) is 41.5 Å². The molecule has 0 saturated carbocycles. The number of allylic oxidation sites excluding steroid dienone is 1. The fraction of sp³-hybridized carbons (Fsp3) is 0.179. The van der Waals surface area contributed by atoms with Gasteiger partial charge in [0.25, 0.3) is 5.91 Å². The Labute approximate surface area is 213 Å². The Morgan fingerprint density at radius 3 is 2.46 bits per heavy atom. The lowest BCUT2D eigenvalue weighted by atomic mass is 10.1. The second kappa shape index (κ2) is 11.3. The Morgan fingerprint density at radius 1 is 1.00 bits per heavy atom. The van der Waals surface area contributed by atoms with Gasteiger partial charge in [-0.25, -0.2) is 4.79 Å². The minimum absolute atomic E-state index is 0.127. The van der Waals surface area contributed by atoms with Crippen molar-refractivity contribution in [1.29, 1.82) is 0 Å². The molecule has 0 bridgehead atoms. The van der Waals surface area contributed by atoms with E-state index in [0.29, 0.717) is 34.1 Å². The van der Waals surface area contributed by atoms with E-state index in [4.69, 9.17) is 18.9 Å². The van der Waals surface area contributed by atoms with E-state index >= 15 is 0 Å². The summed E-state index contributed by atoms with van der Waals surface area (Å²) < 4.78 is 21.8. The van der Waals surface area contributed by atoms with Crippen LogP contribution in [0.4, 0.5) is 0 Å².